The highest BCUT2D eigenvalue weighted by atomic mass is 16.5. The van der Waals surface area contributed by atoms with Crippen LogP contribution in [0.3, 0.4) is 0 Å². The van der Waals surface area contributed by atoms with Crippen LogP contribution in [0.5, 0.6) is 5.75 Å². The lowest BCUT2D eigenvalue weighted by Gasteiger charge is -2.11. The summed E-state index contributed by atoms with van der Waals surface area (Å²) in [4.78, 5) is 0. The fourth-order valence-electron chi connectivity index (χ4n) is 1.76. The fourth-order valence-corrected chi connectivity index (χ4v) is 1.76. The number of hydrogen-bond donors (Lipinski definition) is 0. The van der Waals surface area contributed by atoms with E-state index in [-0.39, 0.29) is 6.10 Å². The largest absolute Gasteiger partial charge is 0.490 e. The van der Waals surface area contributed by atoms with Gasteiger partial charge in [0, 0.05) is 0 Å². The van der Waals surface area contributed by atoms with E-state index in [2.05, 4.69) is 18.2 Å². The SMILES string of the molecule is CC(CC#N)Oc1ccc(-c2ccccc2)cc1. The van der Waals surface area contributed by atoms with Gasteiger partial charge < -0.3 is 4.74 Å². The van der Waals surface area contributed by atoms with Crippen molar-refractivity contribution in [2.45, 2.75) is 19.4 Å². The van der Waals surface area contributed by atoms with Crippen LogP contribution < -0.4 is 4.74 Å². The molecule has 0 aliphatic heterocycles. The first-order valence-corrected chi connectivity index (χ1v) is 5.98. The first-order valence-electron chi connectivity index (χ1n) is 5.98. The highest BCUT2D eigenvalue weighted by Crippen LogP contribution is 2.22. The lowest BCUT2D eigenvalue weighted by Crippen LogP contribution is -2.10. The molecule has 0 aliphatic rings. The van der Waals surface area contributed by atoms with Crippen LogP contribution in [0.4, 0.5) is 0 Å². The molecular formula is C16H15NO. The second-order valence-corrected chi connectivity index (χ2v) is 4.18. The van der Waals surface area contributed by atoms with Crippen LogP contribution in [0, 0.1) is 11.3 Å². The Morgan fingerprint density at radius 3 is 2.22 bits per heavy atom. The summed E-state index contributed by atoms with van der Waals surface area (Å²) in [5.74, 6) is 0.803. The molecular weight excluding hydrogens is 222 g/mol. The van der Waals surface area contributed by atoms with Crippen LogP contribution in [0.2, 0.25) is 0 Å². The number of ether oxygens (including phenoxy) is 1. The van der Waals surface area contributed by atoms with Gasteiger partial charge in [-0.2, -0.15) is 5.26 Å². The van der Waals surface area contributed by atoms with Crippen LogP contribution in [0.1, 0.15) is 13.3 Å². The van der Waals surface area contributed by atoms with Crippen LogP contribution in [-0.4, -0.2) is 6.10 Å². The molecule has 2 aromatic carbocycles. The summed E-state index contributed by atoms with van der Waals surface area (Å²) in [7, 11) is 0. The Labute approximate surface area is 107 Å². The third-order valence-electron chi connectivity index (χ3n) is 2.68. The molecule has 0 saturated heterocycles. The Hall–Kier alpha value is -2.27. The molecule has 2 aromatic rings. The summed E-state index contributed by atoms with van der Waals surface area (Å²) < 4.78 is 5.62. The monoisotopic (exact) mass is 237 g/mol. The van der Waals surface area contributed by atoms with Gasteiger partial charge in [0.25, 0.3) is 0 Å². The predicted octanol–water partition coefficient (Wildman–Crippen LogP) is 4.03. The molecule has 2 heteroatoms. The number of hydrogen-bond acceptors (Lipinski definition) is 2. The molecule has 1 atom stereocenters. The van der Waals surface area contributed by atoms with Crippen LogP contribution in [0.25, 0.3) is 11.1 Å². The van der Waals surface area contributed by atoms with Crippen molar-refractivity contribution in [1.82, 2.24) is 0 Å². The van der Waals surface area contributed by atoms with Gasteiger partial charge in [0.05, 0.1) is 12.5 Å². The molecule has 0 spiro atoms. The third kappa shape index (κ3) is 3.11. The maximum absolute atomic E-state index is 8.58. The van der Waals surface area contributed by atoms with Crippen LogP contribution in [-0.2, 0) is 0 Å². The number of benzene rings is 2. The number of nitrogens with zero attached hydrogens (tertiary/aromatic N) is 1. The second-order valence-electron chi connectivity index (χ2n) is 4.18. The van der Waals surface area contributed by atoms with E-state index in [1.54, 1.807) is 0 Å². The Morgan fingerprint density at radius 2 is 1.61 bits per heavy atom. The van der Waals surface area contributed by atoms with E-state index >= 15 is 0 Å². The second kappa shape index (κ2) is 5.88. The van der Waals surface area contributed by atoms with Crippen molar-refractivity contribution in [2.75, 3.05) is 0 Å². The minimum absolute atomic E-state index is 0.0717. The third-order valence-corrected chi connectivity index (χ3v) is 2.68. The molecule has 0 aliphatic carbocycles. The molecule has 0 amide bonds. The smallest absolute Gasteiger partial charge is 0.119 e. The summed E-state index contributed by atoms with van der Waals surface area (Å²) in [5.41, 5.74) is 2.35. The Kier molecular flexibility index (Phi) is 3.98. The topological polar surface area (TPSA) is 33.0 Å². The minimum atomic E-state index is -0.0717. The van der Waals surface area contributed by atoms with Gasteiger partial charge >= 0.3 is 0 Å². The summed E-state index contributed by atoms with van der Waals surface area (Å²) in [6, 6.07) is 20.2. The van der Waals surface area contributed by atoms with Gasteiger partial charge in [0.1, 0.15) is 11.9 Å². The van der Waals surface area contributed by atoms with E-state index < -0.39 is 0 Å². The predicted molar refractivity (Wildman–Crippen MR) is 72.2 cm³/mol. The summed E-state index contributed by atoms with van der Waals surface area (Å²) in [6.07, 6.45) is 0.332. The Balaban J connectivity index is 2.09. The van der Waals surface area contributed by atoms with Crippen LogP contribution in [0.15, 0.2) is 54.6 Å². The highest BCUT2D eigenvalue weighted by molar-refractivity contribution is 5.63. The minimum Gasteiger partial charge on any atom is -0.490 e. The average molecular weight is 237 g/mol. The maximum atomic E-state index is 8.58. The number of nitriles is 1. The molecule has 0 aromatic heterocycles. The maximum Gasteiger partial charge on any atom is 0.119 e. The molecule has 2 nitrogen and oxygen atoms in total. The Morgan fingerprint density at radius 1 is 1.00 bits per heavy atom. The van der Waals surface area contributed by atoms with Crippen molar-refractivity contribution < 1.29 is 4.74 Å². The van der Waals surface area contributed by atoms with Crippen LogP contribution >= 0.6 is 0 Å². The van der Waals surface area contributed by atoms with Gasteiger partial charge in [0.2, 0.25) is 0 Å². The van der Waals surface area contributed by atoms with Gasteiger partial charge in [-0.15, -0.1) is 0 Å². The quantitative estimate of drug-likeness (QED) is 0.804. The van der Waals surface area contributed by atoms with E-state index in [0.29, 0.717) is 6.42 Å². The lowest BCUT2D eigenvalue weighted by atomic mass is 10.1. The first-order chi connectivity index (χ1) is 8.79. The van der Waals surface area contributed by atoms with Gasteiger partial charge in [-0.1, -0.05) is 42.5 Å². The van der Waals surface area contributed by atoms with Crippen molar-refractivity contribution in [1.29, 1.82) is 5.26 Å². The lowest BCUT2D eigenvalue weighted by molar-refractivity contribution is 0.227. The van der Waals surface area contributed by atoms with E-state index in [0.717, 1.165) is 11.3 Å². The standard InChI is InChI=1S/C16H15NO/c1-13(11-12-17)18-16-9-7-15(8-10-16)14-5-3-2-4-6-14/h2-10,13H,11H2,1H3. The van der Waals surface area contributed by atoms with E-state index in [1.165, 1.54) is 5.56 Å². The van der Waals surface area contributed by atoms with E-state index in [9.17, 15) is 0 Å². The first kappa shape index (κ1) is 12.2. The summed E-state index contributed by atoms with van der Waals surface area (Å²) in [6.45, 7) is 1.90. The molecule has 0 heterocycles. The number of rotatable bonds is 4. The summed E-state index contributed by atoms with van der Waals surface area (Å²) >= 11 is 0. The molecule has 1 unspecified atom stereocenters. The summed E-state index contributed by atoms with van der Waals surface area (Å²) in [5, 5.41) is 8.58. The molecule has 0 fully saturated rings. The molecule has 90 valence electrons. The zero-order chi connectivity index (χ0) is 12.8. The zero-order valence-electron chi connectivity index (χ0n) is 10.3. The molecule has 2 rings (SSSR count). The zero-order valence-corrected chi connectivity index (χ0v) is 10.3. The van der Waals surface area contributed by atoms with Crippen molar-refractivity contribution in [3.05, 3.63) is 54.6 Å². The molecule has 0 N–H and O–H groups in total. The van der Waals surface area contributed by atoms with Crippen molar-refractivity contribution in [2.24, 2.45) is 0 Å². The van der Waals surface area contributed by atoms with Crippen molar-refractivity contribution in [3.8, 4) is 22.9 Å². The van der Waals surface area contributed by atoms with Gasteiger partial charge in [-0.05, 0) is 30.2 Å². The molecule has 18 heavy (non-hydrogen) atoms. The normalized spacial score (nSPS) is 11.6. The fraction of sp³-hybridized carbons (Fsp3) is 0.188. The molecule has 0 radical (unpaired) electrons. The van der Waals surface area contributed by atoms with Crippen molar-refractivity contribution >= 4 is 0 Å². The average Bonchev–Trinajstić information content (AvgIpc) is 2.41. The van der Waals surface area contributed by atoms with Gasteiger partial charge in [-0.3, -0.25) is 0 Å². The van der Waals surface area contributed by atoms with Gasteiger partial charge in [-0.25, -0.2) is 0 Å². The van der Waals surface area contributed by atoms with E-state index in [4.69, 9.17) is 10.00 Å². The van der Waals surface area contributed by atoms with E-state index in [1.807, 2.05) is 49.4 Å². The highest BCUT2D eigenvalue weighted by Gasteiger charge is 2.03. The van der Waals surface area contributed by atoms with Gasteiger partial charge in [0.15, 0.2) is 0 Å². The molecule has 0 bridgehead atoms. The van der Waals surface area contributed by atoms with Crippen molar-refractivity contribution in [3.63, 3.8) is 0 Å². The molecule has 0 saturated carbocycles. The Bertz CT molecular complexity index is 525.